The summed E-state index contributed by atoms with van der Waals surface area (Å²) in [5.74, 6) is -2.57. The Morgan fingerprint density at radius 1 is 1.44 bits per heavy atom. The van der Waals surface area contributed by atoms with Crippen molar-refractivity contribution < 1.29 is 19.1 Å². The molecule has 1 fully saturated rings. The molecule has 0 bridgehead atoms. The largest absolute Gasteiger partial charge is 0.444 e. The van der Waals surface area contributed by atoms with Crippen molar-refractivity contribution in [1.82, 2.24) is 4.90 Å². The maximum absolute atomic E-state index is 11.9. The third kappa shape index (κ3) is 2.86. The number of carbonyl (C=O) groups excluding carboxylic acids is 3. The summed E-state index contributed by atoms with van der Waals surface area (Å²) in [5, 5.41) is 8.88. The molecule has 18 heavy (non-hydrogen) atoms. The first-order valence-electron chi connectivity index (χ1n) is 5.63. The van der Waals surface area contributed by atoms with Gasteiger partial charge in [-0.1, -0.05) is 0 Å². The zero-order chi connectivity index (χ0) is 14.1. The Bertz CT molecular complexity index is 430. The molecule has 0 aromatic carbocycles. The molecule has 98 valence electrons. The van der Waals surface area contributed by atoms with Crippen LogP contribution in [0.4, 0.5) is 4.79 Å². The van der Waals surface area contributed by atoms with Crippen LogP contribution >= 0.6 is 0 Å². The molecule has 1 aliphatic heterocycles. The lowest BCUT2D eigenvalue weighted by atomic mass is 9.90. The van der Waals surface area contributed by atoms with Crippen molar-refractivity contribution in [3.63, 3.8) is 0 Å². The lowest BCUT2D eigenvalue weighted by Gasteiger charge is -2.35. The van der Waals surface area contributed by atoms with Gasteiger partial charge in [0.15, 0.2) is 0 Å². The monoisotopic (exact) mass is 252 g/mol. The van der Waals surface area contributed by atoms with Gasteiger partial charge in [-0.05, 0) is 27.7 Å². The van der Waals surface area contributed by atoms with Crippen LogP contribution in [0.15, 0.2) is 0 Å². The Hall–Kier alpha value is -1.90. The van der Waals surface area contributed by atoms with Gasteiger partial charge in [-0.2, -0.15) is 5.26 Å². The first kappa shape index (κ1) is 14.2. The van der Waals surface area contributed by atoms with Gasteiger partial charge < -0.3 is 4.74 Å². The van der Waals surface area contributed by atoms with E-state index in [1.807, 2.05) is 0 Å². The molecule has 1 rings (SSSR count). The molecule has 6 nitrogen and oxygen atoms in total. The van der Waals surface area contributed by atoms with Crippen molar-refractivity contribution in [2.75, 3.05) is 6.54 Å². The number of piperidine rings is 1. The maximum atomic E-state index is 11.9. The van der Waals surface area contributed by atoms with Gasteiger partial charge in [0.25, 0.3) is 0 Å². The lowest BCUT2D eigenvalue weighted by molar-refractivity contribution is -0.143. The smallest absolute Gasteiger partial charge is 0.410 e. The minimum Gasteiger partial charge on any atom is -0.444 e. The highest BCUT2D eigenvalue weighted by Gasteiger charge is 2.43. The van der Waals surface area contributed by atoms with Gasteiger partial charge in [0.05, 0.1) is 18.7 Å². The van der Waals surface area contributed by atoms with Crippen LogP contribution < -0.4 is 0 Å². The highest BCUT2D eigenvalue weighted by molar-refractivity contribution is 6.40. The summed E-state index contributed by atoms with van der Waals surface area (Å²) >= 11 is 0. The fourth-order valence-corrected chi connectivity index (χ4v) is 1.67. The van der Waals surface area contributed by atoms with Crippen molar-refractivity contribution >= 4 is 17.7 Å². The van der Waals surface area contributed by atoms with Crippen molar-refractivity contribution in [3.05, 3.63) is 0 Å². The van der Waals surface area contributed by atoms with Crippen molar-refractivity contribution in [2.24, 2.45) is 5.92 Å². The zero-order valence-corrected chi connectivity index (χ0v) is 10.9. The van der Waals surface area contributed by atoms with Crippen LogP contribution in [-0.4, -0.2) is 40.7 Å². The standard InChI is InChI=1S/C12H16N2O4/c1-7-8(5-13)10(16)9(15)6-14(7)11(17)18-12(2,3)4/h7-8H,6H2,1-4H3/t7-,8?/m0/s1. The number of Topliss-reactive ketones (excluding diaryl/α,β-unsaturated/α-hetero) is 2. The van der Waals surface area contributed by atoms with Crippen LogP contribution in [0.5, 0.6) is 0 Å². The molecule has 1 aliphatic rings. The molecule has 0 aromatic rings. The Labute approximate surface area is 105 Å². The van der Waals surface area contributed by atoms with E-state index in [1.54, 1.807) is 33.8 Å². The third-order valence-electron chi connectivity index (χ3n) is 2.61. The van der Waals surface area contributed by atoms with Crippen LogP contribution in [0.2, 0.25) is 0 Å². The highest BCUT2D eigenvalue weighted by atomic mass is 16.6. The molecule has 0 aliphatic carbocycles. The van der Waals surface area contributed by atoms with E-state index in [2.05, 4.69) is 0 Å². The molecular weight excluding hydrogens is 236 g/mol. The number of nitriles is 1. The maximum Gasteiger partial charge on any atom is 0.410 e. The van der Waals surface area contributed by atoms with E-state index in [0.29, 0.717) is 0 Å². The molecule has 0 saturated carbocycles. The summed E-state index contributed by atoms with van der Waals surface area (Å²) in [6.07, 6.45) is -0.684. The van der Waals surface area contributed by atoms with Gasteiger partial charge in [-0.25, -0.2) is 4.79 Å². The third-order valence-corrected chi connectivity index (χ3v) is 2.61. The van der Waals surface area contributed by atoms with Crippen LogP contribution in [0.3, 0.4) is 0 Å². The summed E-state index contributed by atoms with van der Waals surface area (Å²) < 4.78 is 5.14. The fourth-order valence-electron chi connectivity index (χ4n) is 1.67. The Balaban J connectivity index is 2.90. The molecule has 1 saturated heterocycles. The number of ketones is 2. The van der Waals surface area contributed by atoms with Crippen molar-refractivity contribution in [3.8, 4) is 6.07 Å². The summed E-state index contributed by atoms with van der Waals surface area (Å²) in [6.45, 7) is 6.34. The number of rotatable bonds is 0. The molecule has 1 heterocycles. The highest BCUT2D eigenvalue weighted by Crippen LogP contribution is 2.21. The van der Waals surface area contributed by atoms with Gasteiger partial charge in [0, 0.05) is 0 Å². The molecule has 0 aromatic heterocycles. The van der Waals surface area contributed by atoms with Gasteiger partial charge >= 0.3 is 6.09 Å². The van der Waals surface area contributed by atoms with E-state index in [0.717, 1.165) is 4.90 Å². The second-order valence-electron chi connectivity index (χ2n) is 5.24. The Kier molecular flexibility index (Phi) is 3.75. The van der Waals surface area contributed by atoms with Crippen LogP contribution in [-0.2, 0) is 14.3 Å². The second-order valence-corrected chi connectivity index (χ2v) is 5.24. The van der Waals surface area contributed by atoms with Crippen molar-refractivity contribution in [2.45, 2.75) is 39.3 Å². The number of nitrogens with zero attached hydrogens (tertiary/aromatic N) is 2. The van der Waals surface area contributed by atoms with E-state index < -0.39 is 35.2 Å². The van der Waals surface area contributed by atoms with Gasteiger partial charge in [0.2, 0.25) is 11.6 Å². The quantitative estimate of drug-likeness (QED) is 0.598. The molecule has 0 spiro atoms. The molecule has 1 amide bonds. The predicted octanol–water partition coefficient (Wildman–Crippen LogP) is 0.904. The van der Waals surface area contributed by atoms with Gasteiger partial charge in [0.1, 0.15) is 11.5 Å². The number of amides is 1. The number of hydrogen-bond donors (Lipinski definition) is 0. The Morgan fingerprint density at radius 2 is 2.00 bits per heavy atom. The van der Waals surface area contributed by atoms with E-state index in [-0.39, 0.29) is 6.54 Å². The zero-order valence-electron chi connectivity index (χ0n) is 10.9. The SMILES string of the molecule is C[C@H]1C(C#N)C(=O)C(=O)CN1C(=O)OC(C)(C)C. The normalized spacial score (nSPS) is 24.7. The summed E-state index contributed by atoms with van der Waals surface area (Å²) in [6, 6.07) is 1.10. The summed E-state index contributed by atoms with van der Waals surface area (Å²) in [7, 11) is 0. The summed E-state index contributed by atoms with van der Waals surface area (Å²) in [4.78, 5) is 35.9. The van der Waals surface area contributed by atoms with Gasteiger partial charge in [-0.15, -0.1) is 0 Å². The van der Waals surface area contributed by atoms with E-state index >= 15 is 0 Å². The van der Waals surface area contributed by atoms with E-state index in [9.17, 15) is 14.4 Å². The molecule has 0 N–H and O–H groups in total. The average molecular weight is 252 g/mol. The average Bonchev–Trinajstić information content (AvgIpc) is 2.21. The van der Waals surface area contributed by atoms with Crippen LogP contribution in [0, 0.1) is 17.2 Å². The van der Waals surface area contributed by atoms with E-state index in [1.165, 1.54) is 0 Å². The lowest BCUT2D eigenvalue weighted by Crippen LogP contribution is -2.55. The number of hydrogen-bond acceptors (Lipinski definition) is 5. The molecule has 6 heteroatoms. The van der Waals surface area contributed by atoms with Gasteiger partial charge in [-0.3, -0.25) is 14.5 Å². The molecular formula is C12H16N2O4. The fraction of sp³-hybridized carbons (Fsp3) is 0.667. The number of carbonyl (C=O) groups is 3. The Morgan fingerprint density at radius 3 is 2.44 bits per heavy atom. The minimum atomic E-state index is -1.11. The first-order valence-corrected chi connectivity index (χ1v) is 5.63. The minimum absolute atomic E-state index is 0.326. The number of ether oxygens (including phenoxy) is 1. The van der Waals surface area contributed by atoms with Crippen molar-refractivity contribution in [1.29, 1.82) is 5.26 Å². The molecule has 0 radical (unpaired) electrons. The topological polar surface area (TPSA) is 87.5 Å². The van der Waals surface area contributed by atoms with Crippen LogP contribution in [0.25, 0.3) is 0 Å². The molecule has 2 atom stereocenters. The molecule has 1 unspecified atom stereocenters. The number of likely N-dealkylation sites (tertiary alicyclic amines) is 1. The van der Waals surface area contributed by atoms with E-state index in [4.69, 9.17) is 10.00 Å². The second kappa shape index (κ2) is 4.77. The van der Waals surface area contributed by atoms with Crippen LogP contribution in [0.1, 0.15) is 27.7 Å². The summed E-state index contributed by atoms with van der Waals surface area (Å²) in [5.41, 5.74) is -0.691. The first-order chi connectivity index (χ1) is 8.17. The predicted molar refractivity (Wildman–Crippen MR) is 61.5 cm³/mol.